The SMILES string of the molecule is CC(=O)O[C@@H]1CC[C@@]2(C)C(=CC[C@@H]3[C@@H]2CC[C@]2(C)C([C@H](C)CC(=O)O)CC[C@@H]32)C1. The summed E-state index contributed by atoms with van der Waals surface area (Å²) in [6, 6.07) is 0. The summed E-state index contributed by atoms with van der Waals surface area (Å²) in [4.78, 5) is 22.7. The standard InChI is InChI=1S/C25H38O4/c1-15(13-23(27)28)20-7-8-21-19-6-5-17-14-18(29-16(2)26)9-11-24(17,3)22(19)10-12-25(20,21)4/h5,15,18-22H,6-14H2,1-4H3,(H,27,28)/t15-,18-,19+,20?,21+,22+,24+,25-/m1/s1. The molecule has 4 aliphatic carbocycles. The topological polar surface area (TPSA) is 63.6 Å². The van der Waals surface area contributed by atoms with E-state index in [4.69, 9.17) is 4.74 Å². The fraction of sp³-hybridized carbons (Fsp3) is 0.840. The van der Waals surface area contributed by atoms with E-state index in [0.717, 1.165) is 43.4 Å². The molecule has 0 bridgehead atoms. The minimum absolute atomic E-state index is 0.0601. The summed E-state index contributed by atoms with van der Waals surface area (Å²) in [7, 11) is 0. The summed E-state index contributed by atoms with van der Waals surface area (Å²) in [5.74, 6) is 2.19. The van der Waals surface area contributed by atoms with Gasteiger partial charge in [0, 0.05) is 19.8 Å². The third kappa shape index (κ3) is 3.45. The largest absolute Gasteiger partial charge is 0.481 e. The zero-order valence-corrected chi connectivity index (χ0v) is 18.6. The number of carboxylic acids is 1. The van der Waals surface area contributed by atoms with Gasteiger partial charge in [0.1, 0.15) is 6.10 Å². The van der Waals surface area contributed by atoms with Gasteiger partial charge in [-0.15, -0.1) is 0 Å². The maximum atomic E-state index is 11.4. The molecule has 4 nitrogen and oxygen atoms in total. The minimum atomic E-state index is -0.652. The van der Waals surface area contributed by atoms with Crippen LogP contribution in [0.25, 0.3) is 0 Å². The van der Waals surface area contributed by atoms with Crippen LogP contribution in [0.5, 0.6) is 0 Å². The smallest absolute Gasteiger partial charge is 0.303 e. The van der Waals surface area contributed by atoms with Crippen molar-refractivity contribution in [1.82, 2.24) is 0 Å². The molecular formula is C25H38O4. The number of carbonyl (C=O) groups is 2. The molecule has 29 heavy (non-hydrogen) atoms. The Hall–Kier alpha value is -1.32. The third-order valence-electron chi connectivity index (χ3n) is 9.65. The quantitative estimate of drug-likeness (QED) is 0.490. The summed E-state index contributed by atoms with van der Waals surface area (Å²) in [6.07, 6.45) is 12.0. The van der Waals surface area contributed by atoms with Gasteiger partial charge in [-0.2, -0.15) is 0 Å². The fourth-order valence-corrected chi connectivity index (χ4v) is 8.36. The van der Waals surface area contributed by atoms with Crippen LogP contribution >= 0.6 is 0 Å². The number of rotatable bonds is 4. The Labute approximate surface area is 175 Å². The minimum Gasteiger partial charge on any atom is -0.481 e. The van der Waals surface area contributed by atoms with Crippen LogP contribution < -0.4 is 0 Å². The lowest BCUT2D eigenvalue weighted by atomic mass is 9.47. The molecule has 0 spiro atoms. The zero-order valence-electron chi connectivity index (χ0n) is 18.6. The van der Waals surface area contributed by atoms with Crippen molar-refractivity contribution >= 4 is 11.9 Å². The summed E-state index contributed by atoms with van der Waals surface area (Å²) in [5.41, 5.74) is 2.09. The molecule has 1 unspecified atom stereocenters. The fourth-order valence-electron chi connectivity index (χ4n) is 8.36. The predicted molar refractivity (Wildman–Crippen MR) is 112 cm³/mol. The maximum absolute atomic E-state index is 11.4. The Morgan fingerprint density at radius 3 is 2.62 bits per heavy atom. The Morgan fingerprint density at radius 2 is 1.93 bits per heavy atom. The van der Waals surface area contributed by atoms with Gasteiger partial charge in [-0.05, 0) is 85.4 Å². The molecule has 4 rings (SSSR count). The Bertz CT molecular complexity index is 712. The van der Waals surface area contributed by atoms with E-state index in [9.17, 15) is 14.7 Å². The number of esters is 1. The number of ether oxygens (including phenoxy) is 1. The van der Waals surface area contributed by atoms with Gasteiger partial charge in [-0.3, -0.25) is 9.59 Å². The van der Waals surface area contributed by atoms with E-state index in [1.807, 2.05) is 0 Å². The number of allylic oxidation sites excluding steroid dienone is 1. The summed E-state index contributed by atoms with van der Waals surface area (Å²) in [6.45, 7) is 8.63. The number of aliphatic carboxylic acids is 1. The molecule has 0 saturated heterocycles. The first-order valence-corrected chi connectivity index (χ1v) is 11.7. The van der Waals surface area contributed by atoms with Crippen LogP contribution in [0, 0.1) is 40.4 Å². The van der Waals surface area contributed by atoms with Gasteiger partial charge in [0.2, 0.25) is 0 Å². The van der Waals surface area contributed by atoms with E-state index >= 15 is 0 Å². The van der Waals surface area contributed by atoms with Crippen LogP contribution in [-0.4, -0.2) is 23.1 Å². The molecule has 162 valence electrons. The first-order valence-electron chi connectivity index (χ1n) is 11.7. The van der Waals surface area contributed by atoms with Crippen LogP contribution in [0.4, 0.5) is 0 Å². The van der Waals surface area contributed by atoms with Crippen LogP contribution in [0.3, 0.4) is 0 Å². The van der Waals surface area contributed by atoms with Crippen molar-refractivity contribution in [2.24, 2.45) is 40.4 Å². The van der Waals surface area contributed by atoms with Crippen molar-refractivity contribution < 1.29 is 19.4 Å². The van der Waals surface area contributed by atoms with E-state index in [1.165, 1.54) is 38.2 Å². The Morgan fingerprint density at radius 1 is 1.17 bits per heavy atom. The van der Waals surface area contributed by atoms with Gasteiger partial charge < -0.3 is 9.84 Å². The van der Waals surface area contributed by atoms with Crippen LogP contribution in [-0.2, 0) is 14.3 Å². The molecule has 0 aromatic heterocycles. The second kappa shape index (κ2) is 7.42. The molecule has 1 N–H and O–H groups in total. The zero-order chi connectivity index (χ0) is 21.0. The van der Waals surface area contributed by atoms with Gasteiger partial charge in [0.25, 0.3) is 0 Å². The molecule has 0 aromatic carbocycles. The summed E-state index contributed by atoms with van der Waals surface area (Å²) < 4.78 is 5.55. The van der Waals surface area contributed by atoms with E-state index in [-0.39, 0.29) is 23.4 Å². The first-order chi connectivity index (χ1) is 13.6. The molecule has 3 saturated carbocycles. The molecule has 0 aromatic rings. The number of carboxylic acid groups (broad SMARTS) is 1. The highest BCUT2D eigenvalue weighted by Gasteiger charge is 2.59. The molecule has 3 fully saturated rings. The maximum Gasteiger partial charge on any atom is 0.303 e. The molecule has 0 heterocycles. The van der Waals surface area contributed by atoms with Gasteiger partial charge >= 0.3 is 11.9 Å². The highest BCUT2D eigenvalue weighted by atomic mass is 16.5. The van der Waals surface area contributed by atoms with Gasteiger partial charge in [0.15, 0.2) is 0 Å². The van der Waals surface area contributed by atoms with E-state index in [0.29, 0.717) is 17.8 Å². The molecule has 8 atom stereocenters. The highest BCUT2D eigenvalue weighted by Crippen LogP contribution is 2.67. The molecule has 4 aliphatic rings. The monoisotopic (exact) mass is 402 g/mol. The lowest BCUT2D eigenvalue weighted by Gasteiger charge is -2.58. The second-order valence-electron chi connectivity index (χ2n) is 11.0. The summed E-state index contributed by atoms with van der Waals surface area (Å²) >= 11 is 0. The number of carbonyl (C=O) groups excluding carboxylic acids is 1. The lowest BCUT2D eigenvalue weighted by molar-refractivity contribution is -0.149. The normalized spacial score (nSPS) is 44.7. The number of hydrogen-bond donors (Lipinski definition) is 1. The Balaban J connectivity index is 1.54. The molecular weight excluding hydrogens is 364 g/mol. The average molecular weight is 403 g/mol. The molecule has 4 heteroatoms. The lowest BCUT2D eigenvalue weighted by Crippen LogP contribution is -2.51. The van der Waals surface area contributed by atoms with Crippen LogP contribution in [0.2, 0.25) is 0 Å². The Kier molecular flexibility index (Phi) is 5.36. The van der Waals surface area contributed by atoms with Crippen LogP contribution in [0.1, 0.15) is 85.5 Å². The molecule has 0 aliphatic heterocycles. The predicted octanol–water partition coefficient (Wildman–Crippen LogP) is 5.61. The van der Waals surface area contributed by atoms with Crippen molar-refractivity contribution in [3.05, 3.63) is 11.6 Å². The average Bonchev–Trinajstić information content (AvgIpc) is 2.98. The van der Waals surface area contributed by atoms with Crippen molar-refractivity contribution in [3.8, 4) is 0 Å². The van der Waals surface area contributed by atoms with Gasteiger partial charge in [0.05, 0.1) is 0 Å². The van der Waals surface area contributed by atoms with Gasteiger partial charge in [-0.25, -0.2) is 0 Å². The number of fused-ring (bicyclic) bond motifs is 5. The number of hydrogen-bond acceptors (Lipinski definition) is 3. The van der Waals surface area contributed by atoms with Gasteiger partial charge in [-0.1, -0.05) is 32.4 Å². The van der Waals surface area contributed by atoms with E-state index in [1.54, 1.807) is 0 Å². The highest BCUT2D eigenvalue weighted by molar-refractivity contribution is 5.67. The van der Waals surface area contributed by atoms with Crippen LogP contribution in [0.15, 0.2) is 11.6 Å². The summed E-state index contributed by atoms with van der Waals surface area (Å²) in [5, 5.41) is 9.31. The second-order valence-corrected chi connectivity index (χ2v) is 11.0. The first kappa shape index (κ1) is 20.9. The molecule has 0 amide bonds. The van der Waals surface area contributed by atoms with Crippen molar-refractivity contribution in [1.29, 1.82) is 0 Å². The van der Waals surface area contributed by atoms with Crippen molar-refractivity contribution in [3.63, 3.8) is 0 Å². The third-order valence-corrected chi connectivity index (χ3v) is 9.65. The molecule has 0 radical (unpaired) electrons. The van der Waals surface area contributed by atoms with E-state index in [2.05, 4.69) is 26.8 Å². The van der Waals surface area contributed by atoms with Crippen molar-refractivity contribution in [2.45, 2.75) is 91.6 Å². The van der Waals surface area contributed by atoms with Crippen molar-refractivity contribution in [2.75, 3.05) is 0 Å². The van der Waals surface area contributed by atoms with E-state index < -0.39 is 5.97 Å².